The highest BCUT2D eigenvalue weighted by Gasteiger charge is 2.24. The van der Waals surface area contributed by atoms with E-state index in [1.165, 1.54) is 5.56 Å². The Balaban J connectivity index is 1.54. The lowest BCUT2D eigenvalue weighted by Crippen LogP contribution is -2.48. The smallest absolute Gasteiger partial charge is 0.191 e. The third-order valence-electron chi connectivity index (χ3n) is 5.28. The molecule has 0 aromatic heterocycles. The lowest BCUT2D eigenvalue weighted by molar-refractivity contribution is 0.00867. The van der Waals surface area contributed by atoms with Gasteiger partial charge in [-0.3, -0.25) is 9.89 Å². The molecule has 2 atom stereocenters. The Labute approximate surface area is 163 Å². The highest BCUT2D eigenvalue weighted by molar-refractivity contribution is 5.79. The van der Waals surface area contributed by atoms with Crippen molar-refractivity contribution in [1.82, 2.24) is 15.5 Å². The topological polar surface area (TPSA) is 58.1 Å². The van der Waals surface area contributed by atoms with Crippen LogP contribution in [0.5, 0.6) is 5.75 Å². The van der Waals surface area contributed by atoms with Gasteiger partial charge in [0.2, 0.25) is 0 Å². The van der Waals surface area contributed by atoms with E-state index >= 15 is 0 Å². The molecular formula is C21H34N4O2. The molecule has 2 unspecified atom stereocenters. The van der Waals surface area contributed by atoms with Gasteiger partial charge >= 0.3 is 0 Å². The molecule has 1 aromatic carbocycles. The second-order valence-corrected chi connectivity index (χ2v) is 7.61. The van der Waals surface area contributed by atoms with Crippen LogP contribution in [0.4, 0.5) is 0 Å². The molecule has 2 heterocycles. The Hall–Kier alpha value is -1.79. The van der Waals surface area contributed by atoms with Crippen LogP contribution in [0.25, 0.3) is 0 Å². The molecule has 0 amide bonds. The van der Waals surface area contributed by atoms with Crippen molar-refractivity contribution in [3.8, 4) is 5.75 Å². The number of rotatable bonds is 7. The van der Waals surface area contributed by atoms with Crippen LogP contribution in [-0.4, -0.2) is 68.9 Å². The average Bonchev–Trinajstić information content (AvgIpc) is 3.09. The lowest BCUT2D eigenvalue weighted by Gasteiger charge is -2.36. The molecule has 0 radical (unpaired) electrons. The molecule has 6 nitrogen and oxygen atoms in total. The molecule has 1 fully saturated rings. The molecule has 1 saturated heterocycles. The van der Waals surface area contributed by atoms with E-state index in [1.54, 1.807) is 0 Å². The number of ether oxygens (including phenoxy) is 2. The van der Waals surface area contributed by atoms with Gasteiger partial charge in [0.25, 0.3) is 0 Å². The number of guanidine groups is 1. The zero-order chi connectivity index (χ0) is 19.1. The van der Waals surface area contributed by atoms with Crippen molar-refractivity contribution in [3.63, 3.8) is 0 Å². The van der Waals surface area contributed by atoms with Crippen molar-refractivity contribution < 1.29 is 9.47 Å². The summed E-state index contributed by atoms with van der Waals surface area (Å²) in [6.45, 7) is 12.7. The fourth-order valence-corrected chi connectivity index (χ4v) is 3.76. The van der Waals surface area contributed by atoms with E-state index < -0.39 is 0 Å². The molecule has 6 heteroatoms. The van der Waals surface area contributed by atoms with Crippen LogP contribution >= 0.6 is 0 Å². The van der Waals surface area contributed by atoms with Gasteiger partial charge in [0.1, 0.15) is 11.9 Å². The molecule has 0 aliphatic carbocycles. The molecule has 1 aromatic rings. The maximum Gasteiger partial charge on any atom is 0.191 e. The number of morpholine rings is 1. The first-order valence-corrected chi connectivity index (χ1v) is 10.3. The molecule has 0 saturated carbocycles. The molecule has 0 spiro atoms. The first-order valence-electron chi connectivity index (χ1n) is 10.3. The summed E-state index contributed by atoms with van der Waals surface area (Å²) in [5, 5.41) is 6.83. The largest absolute Gasteiger partial charge is 0.488 e. The number of fused-ring (bicyclic) bond motifs is 1. The van der Waals surface area contributed by atoms with Crippen LogP contribution in [0.3, 0.4) is 0 Å². The van der Waals surface area contributed by atoms with E-state index in [0.717, 1.165) is 64.1 Å². The van der Waals surface area contributed by atoms with Crippen molar-refractivity contribution >= 4 is 5.96 Å². The van der Waals surface area contributed by atoms with E-state index in [2.05, 4.69) is 48.4 Å². The van der Waals surface area contributed by atoms with Crippen LogP contribution in [0.2, 0.25) is 0 Å². The molecule has 2 aliphatic rings. The fraction of sp³-hybridized carbons (Fsp3) is 0.667. The first kappa shape index (κ1) is 20.0. The van der Waals surface area contributed by atoms with E-state index in [9.17, 15) is 0 Å². The number of para-hydroxylation sites is 1. The van der Waals surface area contributed by atoms with Crippen LogP contribution in [0.1, 0.15) is 26.3 Å². The Morgan fingerprint density at radius 2 is 2.00 bits per heavy atom. The number of benzene rings is 1. The Kier molecular flexibility index (Phi) is 7.35. The second-order valence-electron chi connectivity index (χ2n) is 7.61. The van der Waals surface area contributed by atoms with Crippen LogP contribution in [0.15, 0.2) is 29.3 Å². The maximum absolute atomic E-state index is 6.03. The minimum atomic E-state index is 0.159. The summed E-state index contributed by atoms with van der Waals surface area (Å²) in [5.41, 5.74) is 1.29. The normalized spacial score (nSPS) is 21.6. The van der Waals surface area contributed by atoms with E-state index in [-0.39, 0.29) is 6.10 Å². The fourth-order valence-electron chi connectivity index (χ4n) is 3.76. The third-order valence-corrected chi connectivity index (χ3v) is 5.28. The molecule has 2 aliphatic heterocycles. The second kappa shape index (κ2) is 9.95. The summed E-state index contributed by atoms with van der Waals surface area (Å²) < 4.78 is 11.5. The average molecular weight is 375 g/mol. The molecule has 27 heavy (non-hydrogen) atoms. The van der Waals surface area contributed by atoms with Crippen LogP contribution < -0.4 is 15.4 Å². The summed E-state index contributed by atoms with van der Waals surface area (Å²) in [4.78, 5) is 7.39. The van der Waals surface area contributed by atoms with Gasteiger partial charge in [-0.15, -0.1) is 0 Å². The van der Waals surface area contributed by atoms with Crippen LogP contribution in [0, 0.1) is 5.92 Å². The quantitative estimate of drug-likeness (QED) is 0.564. The third kappa shape index (κ3) is 5.59. The highest BCUT2D eigenvalue weighted by Crippen LogP contribution is 2.27. The summed E-state index contributed by atoms with van der Waals surface area (Å²) in [6.07, 6.45) is 1.11. The monoisotopic (exact) mass is 374 g/mol. The van der Waals surface area contributed by atoms with Crippen molar-refractivity contribution in [2.75, 3.05) is 45.9 Å². The number of aliphatic imine (C=N–C) groups is 1. The number of nitrogens with zero attached hydrogens (tertiary/aromatic N) is 2. The Morgan fingerprint density at radius 3 is 2.70 bits per heavy atom. The van der Waals surface area contributed by atoms with E-state index in [0.29, 0.717) is 12.0 Å². The molecule has 150 valence electrons. The summed E-state index contributed by atoms with van der Waals surface area (Å²) >= 11 is 0. The predicted molar refractivity (Wildman–Crippen MR) is 110 cm³/mol. The lowest BCUT2D eigenvalue weighted by atomic mass is 10.0. The zero-order valence-corrected chi connectivity index (χ0v) is 16.9. The van der Waals surface area contributed by atoms with Crippen molar-refractivity contribution in [2.24, 2.45) is 10.9 Å². The molecule has 2 N–H and O–H groups in total. The van der Waals surface area contributed by atoms with E-state index in [1.807, 2.05) is 12.1 Å². The summed E-state index contributed by atoms with van der Waals surface area (Å²) in [7, 11) is 0. The minimum absolute atomic E-state index is 0.159. The SMILES string of the molecule is CCNC(=NCC(C(C)C)N1CCOCC1)NCC1Cc2ccccc2O1. The van der Waals surface area contributed by atoms with Crippen molar-refractivity contribution in [2.45, 2.75) is 39.3 Å². The highest BCUT2D eigenvalue weighted by atomic mass is 16.5. The van der Waals surface area contributed by atoms with Gasteiger partial charge in [-0.1, -0.05) is 32.0 Å². The van der Waals surface area contributed by atoms with Gasteiger partial charge in [0.05, 0.1) is 26.3 Å². The van der Waals surface area contributed by atoms with Gasteiger partial charge in [0, 0.05) is 32.1 Å². The van der Waals surface area contributed by atoms with E-state index in [4.69, 9.17) is 14.5 Å². The van der Waals surface area contributed by atoms with Crippen molar-refractivity contribution in [3.05, 3.63) is 29.8 Å². The van der Waals surface area contributed by atoms with Gasteiger partial charge in [-0.2, -0.15) is 0 Å². The number of hydrogen-bond donors (Lipinski definition) is 2. The van der Waals surface area contributed by atoms with Gasteiger partial charge in [0.15, 0.2) is 5.96 Å². The van der Waals surface area contributed by atoms with Gasteiger partial charge < -0.3 is 20.1 Å². The number of hydrogen-bond acceptors (Lipinski definition) is 4. The van der Waals surface area contributed by atoms with Gasteiger partial charge in [-0.05, 0) is 24.5 Å². The zero-order valence-electron chi connectivity index (χ0n) is 16.9. The summed E-state index contributed by atoms with van der Waals surface area (Å²) in [5.74, 6) is 2.44. The number of nitrogens with one attached hydrogen (secondary N) is 2. The standard InChI is InChI=1S/C21H34N4O2/c1-4-22-21(23-14-18-13-17-7-5-6-8-20(17)27-18)24-15-19(16(2)3)25-9-11-26-12-10-25/h5-8,16,18-19H,4,9-15H2,1-3H3,(H2,22,23,24). The van der Waals surface area contributed by atoms with Gasteiger partial charge in [-0.25, -0.2) is 0 Å². The molecular weight excluding hydrogens is 340 g/mol. The summed E-state index contributed by atoms with van der Waals surface area (Å²) in [6, 6.07) is 8.73. The minimum Gasteiger partial charge on any atom is -0.488 e. The Morgan fingerprint density at radius 1 is 1.22 bits per heavy atom. The molecule has 0 bridgehead atoms. The van der Waals surface area contributed by atoms with Crippen LogP contribution in [-0.2, 0) is 11.2 Å². The Bertz CT molecular complexity index is 589. The predicted octanol–water partition coefficient (Wildman–Crippen LogP) is 1.90. The molecule has 3 rings (SSSR count). The maximum atomic E-state index is 6.03. The first-order chi connectivity index (χ1) is 13.2. The van der Waals surface area contributed by atoms with Crippen molar-refractivity contribution in [1.29, 1.82) is 0 Å².